The van der Waals surface area contributed by atoms with Gasteiger partial charge in [0, 0.05) is 47.3 Å². The Morgan fingerprint density at radius 1 is 0.974 bits per heavy atom. The zero-order chi connectivity index (χ0) is 27.6. The van der Waals surface area contributed by atoms with Gasteiger partial charge >= 0.3 is 11.4 Å². The van der Waals surface area contributed by atoms with Crippen LogP contribution in [0.15, 0.2) is 85.4 Å². The zero-order valence-electron chi connectivity index (χ0n) is 20.9. The number of allylic oxidation sites excluding steroid dienone is 6. The van der Waals surface area contributed by atoms with E-state index in [1.807, 2.05) is 6.08 Å². The number of rotatable bonds is 4. The molecule has 0 saturated carbocycles. The number of phenols is 1. The fraction of sp³-hybridized carbons (Fsp3) is 0.214. The Morgan fingerprint density at radius 2 is 1.64 bits per heavy atom. The van der Waals surface area contributed by atoms with Gasteiger partial charge in [-0.25, -0.2) is 23.5 Å². The van der Waals surface area contributed by atoms with Crippen LogP contribution in [0.25, 0.3) is 5.69 Å². The molecule has 6 rings (SSSR count). The number of ketones is 2. The lowest BCUT2D eigenvalue weighted by Gasteiger charge is -2.40. The van der Waals surface area contributed by atoms with E-state index in [1.165, 1.54) is 41.8 Å². The minimum atomic E-state index is -0.839. The summed E-state index contributed by atoms with van der Waals surface area (Å²) in [7, 11) is 2.85. The maximum atomic E-state index is 13.8. The molecular formula is C28H22BrN3O7. The molecular weight excluding hydrogens is 570 g/mol. The average molecular weight is 592 g/mol. The Balaban J connectivity index is 1.64. The van der Waals surface area contributed by atoms with Gasteiger partial charge < -0.3 is 14.6 Å². The lowest BCUT2D eigenvalue weighted by atomic mass is 9.68. The molecule has 10 nitrogen and oxygen atoms in total. The van der Waals surface area contributed by atoms with Crippen molar-refractivity contribution in [3.63, 3.8) is 0 Å². The van der Waals surface area contributed by atoms with Crippen molar-refractivity contribution in [1.29, 1.82) is 0 Å². The Kier molecular flexibility index (Phi) is 5.83. The summed E-state index contributed by atoms with van der Waals surface area (Å²) in [5, 5.41) is 10.3. The van der Waals surface area contributed by atoms with Crippen LogP contribution in [0.2, 0.25) is 0 Å². The third-order valence-corrected chi connectivity index (χ3v) is 8.02. The number of halogens is 1. The van der Waals surface area contributed by atoms with Gasteiger partial charge in [-0.1, -0.05) is 24.3 Å². The standard InChI is InChI=1S/C28H22BrN3O7/c1-38-21-10-15(33)11-22(39-2)25(21)24-16-8-9-30-27(36)31(14-6-4-3-5-7-14)28(37)32(30)19(16)12-17-23(24)20(34)13-18(29)26(17)35/h3-8,10-11,13,19,24,33H,9,12H2,1-2H3/t19-,24+/m1/s1. The number of ether oxygens (including phenoxy) is 2. The van der Waals surface area contributed by atoms with Crippen molar-refractivity contribution in [2.24, 2.45) is 0 Å². The molecule has 2 heterocycles. The van der Waals surface area contributed by atoms with E-state index in [2.05, 4.69) is 15.9 Å². The van der Waals surface area contributed by atoms with E-state index in [-0.39, 0.29) is 57.4 Å². The largest absolute Gasteiger partial charge is 0.508 e. The van der Waals surface area contributed by atoms with Gasteiger partial charge in [0.25, 0.3) is 0 Å². The molecule has 1 N–H and O–H groups in total. The molecule has 11 heteroatoms. The van der Waals surface area contributed by atoms with Gasteiger partial charge in [0.1, 0.15) is 17.2 Å². The van der Waals surface area contributed by atoms with Crippen molar-refractivity contribution in [1.82, 2.24) is 13.9 Å². The van der Waals surface area contributed by atoms with Gasteiger partial charge in [0.2, 0.25) is 0 Å². The van der Waals surface area contributed by atoms with Crippen LogP contribution in [0.5, 0.6) is 17.2 Å². The second-order valence-electron chi connectivity index (χ2n) is 9.36. The molecule has 0 unspecified atom stereocenters. The fourth-order valence-electron chi connectivity index (χ4n) is 5.82. The minimum Gasteiger partial charge on any atom is -0.508 e. The molecule has 198 valence electrons. The van der Waals surface area contributed by atoms with E-state index < -0.39 is 23.3 Å². The number of phenolic OH excluding ortho intramolecular Hbond substituents is 1. The Labute approximate surface area is 229 Å². The molecule has 0 saturated heterocycles. The third kappa shape index (κ3) is 3.60. The summed E-state index contributed by atoms with van der Waals surface area (Å²) in [5.74, 6) is -1.19. The first-order chi connectivity index (χ1) is 18.8. The number of para-hydroxylation sites is 1. The maximum absolute atomic E-state index is 13.8. The number of aromatic hydroxyl groups is 1. The van der Waals surface area contributed by atoms with Crippen molar-refractivity contribution in [3.8, 4) is 22.9 Å². The molecule has 2 atom stereocenters. The second kappa shape index (κ2) is 9.12. The molecule has 39 heavy (non-hydrogen) atoms. The van der Waals surface area contributed by atoms with Crippen LogP contribution in [-0.2, 0) is 16.1 Å². The van der Waals surface area contributed by atoms with Crippen molar-refractivity contribution in [3.05, 3.63) is 102 Å². The van der Waals surface area contributed by atoms with Crippen LogP contribution in [0.3, 0.4) is 0 Å². The van der Waals surface area contributed by atoms with Crippen LogP contribution in [0.4, 0.5) is 0 Å². The van der Waals surface area contributed by atoms with Crippen LogP contribution < -0.4 is 20.9 Å². The van der Waals surface area contributed by atoms with Gasteiger partial charge in [0.15, 0.2) is 11.6 Å². The minimum absolute atomic E-state index is 0.0338. The predicted molar refractivity (Wildman–Crippen MR) is 144 cm³/mol. The van der Waals surface area contributed by atoms with Crippen molar-refractivity contribution < 1.29 is 24.2 Å². The molecule has 0 fully saturated rings. The molecule has 0 amide bonds. The Hall–Kier alpha value is -4.38. The van der Waals surface area contributed by atoms with Gasteiger partial charge in [-0.2, -0.15) is 0 Å². The van der Waals surface area contributed by atoms with Crippen LogP contribution in [0, 0.1) is 0 Å². The van der Waals surface area contributed by atoms with Crippen LogP contribution >= 0.6 is 15.9 Å². The quantitative estimate of drug-likeness (QED) is 0.365. The van der Waals surface area contributed by atoms with Crippen molar-refractivity contribution in [2.45, 2.75) is 24.9 Å². The van der Waals surface area contributed by atoms with E-state index in [9.17, 15) is 24.3 Å². The Bertz CT molecular complexity index is 1760. The number of hydrogen-bond donors (Lipinski definition) is 1. The van der Waals surface area contributed by atoms with Gasteiger partial charge in [-0.15, -0.1) is 0 Å². The first-order valence-electron chi connectivity index (χ1n) is 12.1. The average Bonchev–Trinajstić information content (AvgIpc) is 3.20. The lowest BCUT2D eigenvalue weighted by Crippen LogP contribution is -2.40. The fourth-order valence-corrected chi connectivity index (χ4v) is 6.26. The second-order valence-corrected chi connectivity index (χ2v) is 10.2. The van der Waals surface area contributed by atoms with Crippen LogP contribution in [-0.4, -0.2) is 44.8 Å². The monoisotopic (exact) mass is 591 g/mol. The number of nitrogens with zero attached hydrogens (tertiary/aromatic N) is 3. The number of methoxy groups -OCH3 is 2. The lowest BCUT2D eigenvalue weighted by molar-refractivity contribution is -0.115. The highest BCUT2D eigenvalue weighted by molar-refractivity contribution is 9.12. The first-order valence-corrected chi connectivity index (χ1v) is 12.9. The third-order valence-electron chi connectivity index (χ3n) is 7.43. The number of carbonyl (C=O) groups is 2. The first kappa shape index (κ1) is 24.9. The predicted octanol–water partition coefficient (Wildman–Crippen LogP) is 2.92. The summed E-state index contributed by atoms with van der Waals surface area (Å²) in [4.78, 5) is 54.1. The van der Waals surface area contributed by atoms with Crippen molar-refractivity contribution in [2.75, 3.05) is 14.2 Å². The molecule has 3 aliphatic rings. The summed E-state index contributed by atoms with van der Waals surface area (Å²) in [6.07, 6.45) is 3.09. The van der Waals surface area contributed by atoms with Gasteiger partial charge in [-0.05, 0) is 33.6 Å². The normalized spacial score (nSPS) is 20.1. The van der Waals surface area contributed by atoms with Crippen LogP contribution in [0.1, 0.15) is 23.9 Å². The summed E-state index contributed by atoms with van der Waals surface area (Å²) in [6.45, 7) is 0.0727. The topological polar surface area (TPSA) is 122 Å². The molecule has 0 spiro atoms. The molecule has 0 radical (unpaired) electrons. The van der Waals surface area contributed by atoms with Gasteiger partial charge in [0.05, 0.1) is 37.0 Å². The molecule has 1 aromatic heterocycles. The number of hydrogen-bond acceptors (Lipinski definition) is 7. The summed E-state index contributed by atoms with van der Waals surface area (Å²) < 4.78 is 15.1. The number of carbonyl (C=O) groups excluding carboxylic acids is 2. The molecule has 2 aromatic carbocycles. The SMILES string of the molecule is COc1cc(O)cc(OC)c1[C@H]1C2=CCn3c(=O)n(-c4ccccc4)c(=O)n3[C@@H]2CC2=C1C(=O)C=C(Br)C2=O. The summed E-state index contributed by atoms with van der Waals surface area (Å²) >= 11 is 3.21. The number of Topliss-reactive ketones (excluding diaryl/α,β-unsaturated/α-hetero) is 1. The molecule has 1 aliphatic heterocycles. The maximum Gasteiger partial charge on any atom is 0.352 e. The Morgan fingerprint density at radius 3 is 2.28 bits per heavy atom. The summed E-state index contributed by atoms with van der Waals surface area (Å²) in [6, 6.07) is 10.7. The number of benzene rings is 2. The number of fused-ring (bicyclic) bond motifs is 3. The highest BCUT2D eigenvalue weighted by Gasteiger charge is 2.46. The van der Waals surface area contributed by atoms with Gasteiger partial charge in [-0.3, -0.25) is 9.59 Å². The highest BCUT2D eigenvalue weighted by atomic mass is 79.9. The number of aromatic nitrogens is 3. The summed E-state index contributed by atoms with van der Waals surface area (Å²) in [5.41, 5.74) is 0.921. The van der Waals surface area contributed by atoms with E-state index in [0.717, 1.165) is 4.57 Å². The van der Waals surface area contributed by atoms with E-state index in [4.69, 9.17) is 9.47 Å². The highest BCUT2D eigenvalue weighted by Crippen LogP contribution is 2.54. The van der Waals surface area contributed by atoms with E-state index in [1.54, 1.807) is 30.3 Å². The smallest absolute Gasteiger partial charge is 0.352 e. The molecule has 2 aliphatic carbocycles. The molecule has 3 aromatic rings. The van der Waals surface area contributed by atoms with E-state index >= 15 is 0 Å². The molecule has 0 bridgehead atoms. The van der Waals surface area contributed by atoms with E-state index in [0.29, 0.717) is 16.8 Å². The zero-order valence-corrected chi connectivity index (χ0v) is 22.5. The van der Waals surface area contributed by atoms with Crippen molar-refractivity contribution >= 4 is 27.5 Å².